The lowest BCUT2D eigenvalue weighted by Gasteiger charge is -2.23. The highest BCUT2D eigenvalue weighted by molar-refractivity contribution is 5.74. The second-order valence-corrected chi connectivity index (χ2v) is 7.10. The number of benzene rings is 1. The van der Waals surface area contributed by atoms with Crippen molar-refractivity contribution >= 4 is 0 Å². The number of hydrogen-bond acceptors (Lipinski definition) is 6. The first-order valence-electron chi connectivity index (χ1n) is 9.42. The van der Waals surface area contributed by atoms with Crippen LogP contribution in [0, 0.1) is 0 Å². The predicted octanol–water partition coefficient (Wildman–Crippen LogP) is 4.28. The summed E-state index contributed by atoms with van der Waals surface area (Å²) in [5.74, 6) is 0.666. The van der Waals surface area contributed by atoms with E-state index in [-0.39, 0.29) is 12.3 Å². The van der Waals surface area contributed by atoms with Crippen LogP contribution in [-0.2, 0) is 12.8 Å². The minimum absolute atomic E-state index is 0.0417. The van der Waals surface area contributed by atoms with E-state index in [2.05, 4.69) is 45.6 Å². The maximum Gasteiger partial charge on any atom is 0.221 e. The van der Waals surface area contributed by atoms with Crippen LogP contribution in [0.1, 0.15) is 56.1 Å². The van der Waals surface area contributed by atoms with Crippen molar-refractivity contribution in [2.75, 3.05) is 0 Å². The van der Waals surface area contributed by atoms with E-state index >= 15 is 0 Å². The first-order chi connectivity index (χ1) is 12.7. The van der Waals surface area contributed by atoms with E-state index < -0.39 is 0 Å². The molecule has 2 N–H and O–H groups in total. The number of fused-ring (bicyclic) bond motifs is 1. The molecular weight excluding hydrogens is 326 g/mol. The van der Waals surface area contributed by atoms with Crippen LogP contribution in [0.3, 0.4) is 0 Å². The zero-order chi connectivity index (χ0) is 17.9. The molecular formula is C20H25N5O. The van der Waals surface area contributed by atoms with Gasteiger partial charge in [0.25, 0.3) is 0 Å². The molecule has 6 heteroatoms. The number of ether oxygens (including phenoxy) is 1. The van der Waals surface area contributed by atoms with Gasteiger partial charge in [-0.25, -0.2) is 10.5 Å². The number of pyridine rings is 1. The maximum atomic E-state index is 6.15. The number of nitrogens with one attached hydrogen (secondary N) is 2. The standard InChI is InChI=1S/C20H25N5O/c1-13(2)26-20-18(19-22-24-25-23-19)17(14-9-5-3-6-10-14)15-11-7-4-8-12-16(15)21-20/h3,5-6,9-10,13,19H,4,7-8,11-12H2,1-2H3,(H,22,25)(H,23,24). The van der Waals surface area contributed by atoms with Crippen molar-refractivity contribution in [3.05, 3.63) is 47.2 Å². The molecule has 2 aliphatic rings. The molecule has 2 aromatic rings. The fourth-order valence-corrected chi connectivity index (χ4v) is 3.75. The molecule has 0 spiro atoms. The average molecular weight is 351 g/mol. The highest BCUT2D eigenvalue weighted by Gasteiger charge is 2.29. The molecule has 4 rings (SSSR count). The van der Waals surface area contributed by atoms with Gasteiger partial charge in [0.15, 0.2) is 6.17 Å². The number of nitrogens with zero attached hydrogens (tertiary/aromatic N) is 3. The smallest absolute Gasteiger partial charge is 0.221 e. The summed E-state index contributed by atoms with van der Waals surface area (Å²) in [4.78, 5) is 4.95. The van der Waals surface area contributed by atoms with Crippen LogP contribution in [0.5, 0.6) is 5.88 Å². The minimum Gasteiger partial charge on any atom is -0.475 e. The highest BCUT2D eigenvalue weighted by Crippen LogP contribution is 2.41. The van der Waals surface area contributed by atoms with E-state index in [1.807, 2.05) is 19.9 Å². The van der Waals surface area contributed by atoms with Crippen LogP contribution in [0.2, 0.25) is 0 Å². The van der Waals surface area contributed by atoms with Crippen molar-refractivity contribution < 1.29 is 4.74 Å². The Morgan fingerprint density at radius 3 is 2.62 bits per heavy atom. The third kappa shape index (κ3) is 3.29. The quantitative estimate of drug-likeness (QED) is 0.807. The molecule has 136 valence electrons. The zero-order valence-electron chi connectivity index (χ0n) is 15.3. The van der Waals surface area contributed by atoms with Crippen LogP contribution in [-0.4, -0.2) is 11.1 Å². The van der Waals surface area contributed by atoms with Gasteiger partial charge in [-0.05, 0) is 56.2 Å². The lowest BCUT2D eigenvalue weighted by atomic mass is 9.90. The molecule has 0 saturated heterocycles. The Balaban J connectivity index is 1.98. The van der Waals surface area contributed by atoms with E-state index in [9.17, 15) is 0 Å². The Morgan fingerprint density at radius 1 is 1.08 bits per heavy atom. The molecule has 1 unspecified atom stereocenters. The van der Waals surface area contributed by atoms with E-state index in [1.165, 1.54) is 41.6 Å². The largest absolute Gasteiger partial charge is 0.475 e. The Kier molecular flexibility index (Phi) is 4.84. The van der Waals surface area contributed by atoms with Crippen molar-refractivity contribution in [3.63, 3.8) is 0 Å². The van der Waals surface area contributed by atoms with Gasteiger partial charge >= 0.3 is 0 Å². The van der Waals surface area contributed by atoms with Crippen LogP contribution < -0.4 is 15.7 Å². The molecule has 1 aliphatic carbocycles. The van der Waals surface area contributed by atoms with Gasteiger partial charge < -0.3 is 4.74 Å². The fraction of sp³-hybridized carbons (Fsp3) is 0.450. The lowest BCUT2D eigenvalue weighted by molar-refractivity contribution is 0.227. The first kappa shape index (κ1) is 17.0. The van der Waals surface area contributed by atoms with Gasteiger partial charge in [0.1, 0.15) is 0 Å². The zero-order valence-corrected chi connectivity index (χ0v) is 15.3. The molecule has 1 aliphatic heterocycles. The van der Waals surface area contributed by atoms with Gasteiger partial charge in [-0.15, -0.1) is 5.11 Å². The summed E-state index contributed by atoms with van der Waals surface area (Å²) in [6.07, 6.45) is 5.39. The topological polar surface area (TPSA) is 70.9 Å². The number of rotatable bonds is 4. The van der Waals surface area contributed by atoms with Gasteiger partial charge in [-0.3, -0.25) is 0 Å². The van der Waals surface area contributed by atoms with Gasteiger partial charge in [-0.2, -0.15) is 5.43 Å². The van der Waals surface area contributed by atoms with Crippen molar-refractivity contribution in [1.82, 2.24) is 15.9 Å². The molecule has 0 saturated carbocycles. The fourth-order valence-electron chi connectivity index (χ4n) is 3.75. The Morgan fingerprint density at radius 2 is 1.88 bits per heavy atom. The molecule has 6 nitrogen and oxygen atoms in total. The van der Waals surface area contributed by atoms with Crippen molar-refractivity contribution in [2.45, 2.75) is 58.2 Å². The molecule has 1 aromatic heterocycles. The van der Waals surface area contributed by atoms with Crippen LogP contribution in [0.15, 0.2) is 40.7 Å². The summed E-state index contributed by atoms with van der Waals surface area (Å²) in [6, 6.07) is 10.5. The third-order valence-corrected chi connectivity index (χ3v) is 4.83. The van der Waals surface area contributed by atoms with Crippen molar-refractivity contribution in [3.8, 4) is 17.0 Å². The molecule has 0 radical (unpaired) electrons. The Hall–Kier alpha value is -2.47. The van der Waals surface area contributed by atoms with Gasteiger partial charge in [-0.1, -0.05) is 42.0 Å². The van der Waals surface area contributed by atoms with Crippen LogP contribution >= 0.6 is 0 Å². The van der Waals surface area contributed by atoms with Crippen LogP contribution in [0.4, 0.5) is 0 Å². The second-order valence-electron chi connectivity index (χ2n) is 7.10. The minimum atomic E-state index is -0.306. The molecule has 0 fully saturated rings. The molecule has 0 bridgehead atoms. The monoisotopic (exact) mass is 351 g/mol. The lowest BCUT2D eigenvalue weighted by Crippen LogP contribution is -2.26. The van der Waals surface area contributed by atoms with Gasteiger partial charge in [0.05, 0.1) is 11.7 Å². The van der Waals surface area contributed by atoms with Crippen LogP contribution in [0.25, 0.3) is 11.1 Å². The van der Waals surface area contributed by atoms with Gasteiger partial charge in [0, 0.05) is 5.69 Å². The summed E-state index contributed by atoms with van der Waals surface area (Å²) in [5.41, 5.74) is 11.7. The number of hydrogen-bond donors (Lipinski definition) is 2. The molecule has 26 heavy (non-hydrogen) atoms. The Bertz CT molecular complexity index is 804. The van der Waals surface area contributed by atoms with E-state index in [0.717, 1.165) is 18.4 Å². The normalized spacial score (nSPS) is 19.1. The van der Waals surface area contributed by atoms with Crippen molar-refractivity contribution in [2.24, 2.45) is 10.3 Å². The van der Waals surface area contributed by atoms with Gasteiger partial charge in [0.2, 0.25) is 5.88 Å². The molecule has 1 atom stereocenters. The Labute approximate surface area is 154 Å². The summed E-state index contributed by atoms with van der Waals surface area (Å²) < 4.78 is 6.15. The SMILES string of the molecule is CC(C)Oc1nc2c(c(-c3ccccc3)c1C1N=NNN1)CCCCC2. The molecule has 2 heterocycles. The second kappa shape index (κ2) is 7.41. The summed E-state index contributed by atoms with van der Waals surface area (Å²) >= 11 is 0. The third-order valence-electron chi connectivity index (χ3n) is 4.83. The summed E-state index contributed by atoms with van der Waals surface area (Å²) in [7, 11) is 0. The number of aromatic nitrogens is 1. The molecule has 1 aromatic carbocycles. The van der Waals surface area contributed by atoms with E-state index in [0.29, 0.717) is 5.88 Å². The summed E-state index contributed by atoms with van der Waals surface area (Å²) in [5, 5.41) is 8.22. The first-order valence-corrected chi connectivity index (χ1v) is 9.42. The predicted molar refractivity (Wildman–Crippen MR) is 101 cm³/mol. The number of hydrazine groups is 1. The maximum absolute atomic E-state index is 6.15. The summed E-state index contributed by atoms with van der Waals surface area (Å²) in [6.45, 7) is 4.06. The number of aryl methyl sites for hydroxylation is 1. The highest BCUT2D eigenvalue weighted by atomic mass is 16.5. The van der Waals surface area contributed by atoms with E-state index in [1.54, 1.807) is 0 Å². The average Bonchev–Trinajstić information content (AvgIpc) is 3.06. The van der Waals surface area contributed by atoms with Crippen molar-refractivity contribution in [1.29, 1.82) is 0 Å². The van der Waals surface area contributed by atoms with E-state index in [4.69, 9.17) is 9.72 Å². The molecule has 0 amide bonds.